The first-order valence-corrected chi connectivity index (χ1v) is 4.72. The van der Waals surface area contributed by atoms with Crippen LogP contribution < -0.4 is 5.73 Å². The molecule has 0 saturated carbocycles. The average molecular weight is 187 g/mol. The van der Waals surface area contributed by atoms with E-state index in [1.165, 1.54) is 0 Å². The van der Waals surface area contributed by atoms with Crippen molar-refractivity contribution in [3.05, 3.63) is 0 Å². The second-order valence-electron chi connectivity index (χ2n) is 3.33. The highest BCUT2D eigenvalue weighted by Gasteiger charge is 2.17. The summed E-state index contributed by atoms with van der Waals surface area (Å²) in [6.45, 7) is 5.32. The molecule has 0 aromatic carbocycles. The van der Waals surface area contributed by atoms with E-state index in [-0.39, 0.29) is 12.1 Å². The molecule has 0 aliphatic heterocycles. The third kappa shape index (κ3) is 3.63. The van der Waals surface area contributed by atoms with Crippen LogP contribution in [0.5, 0.6) is 0 Å². The van der Waals surface area contributed by atoms with Crippen molar-refractivity contribution in [1.29, 1.82) is 0 Å². The van der Waals surface area contributed by atoms with Gasteiger partial charge in [0.15, 0.2) is 0 Å². The number of carbonyl (C=O) groups is 1. The normalized spacial score (nSPS) is 12.4. The molecule has 0 radical (unpaired) electrons. The monoisotopic (exact) mass is 187 g/mol. The molecule has 1 atom stereocenters. The second-order valence-corrected chi connectivity index (χ2v) is 3.33. The molecule has 0 aromatic heterocycles. The van der Waals surface area contributed by atoms with Crippen LogP contribution in [0.25, 0.3) is 0 Å². The largest absolute Gasteiger partial charge is 0.330 e. The number of amides is 2. The molecule has 0 fully saturated rings. The summed E-state index contributed by atoms with van der Waals surface area (Å²) in [6.07, 6.45) is 0.847. The fourth-order valence-corrected chi connectivity index (χ4v) is 1.03. The van der Waals surface area contributed by atoms with Gasteiger partial charge in [0.05, 0.1) is 0 Å². The molecule has 13 heavy (non-hydrogen) atoms. The Morgan fingerprint density at radius 1 is 1.46 bits per heavy atom. The zero-order valence-corrected chi connectivity index (χ0v) is 9.08. The molecule has 0 rings (SSSR count). The first kappa shape index (κ1) is 12.2. The summed E-state index contributed by atoms with van der Waals surface area (Å²) in [5.41, 5.74) is 5.42. The lowest BCUT2D eigenvalue weighted by atomic mass is 10.2. The number of carbonyl (C=O) groups excluding carboxylic acids is 1. The molecule has 2 N–H and O–H groups in total. The van der Waals surface area contributed by atoms with E-state index in [9.17, 15) is 4.79 Å². The maximum Gasteiger partial charge on any atom is 0.319 e. The lowest BCUT2D eigenvalue weighted by Crippen LogP contribution is -2.43. The minimum Gasteiger partial charge on any atom is -0.330 e. The van der Waals surface area contributed by atoms with Crippen LogP contribution in [0.15, 0.2) is 0 Å². The lowest BCUT2D eigenvalue weighted by Gasteiger charge is -2.28. The number of rotatable bonds is 4. The smallest absolute Gasteiger partial charge is 0.319 e. The molecule has 0 aromatic rings. The van der Waals surface area contributed by atoms with Crippen molar-refractivity contribution >= 4 is 6.03 Å². The highest BCUT2D eigenvalue weighted by molar-refractivity contribution is 5.74. The van der Waals surface area contributed by atoms with Crippen LogP contribution in [-0.2, 0) is 0 Å². The Morgan fingerprint density at radius 2 is 2.00 bits per heavy atom. The molecule has 4 heteroatoms. The van der Waals surface area contributed by atoms with Crippen molar-refractivity contribution in [3.8, 4) is 0 Å². The maximum atomic E-state index is 11.6. The number of nitrogens with two attached hydrogens (primary N) is 1. The molecule has 4 nitrogen and oxygen atoms in total. The number of nitrogens with zero attached hydrogens (tertiary/aromatic N) is 2. The third-order valence-corrected chi connectivity index (χ3v) is 2.35. The van der Waals surface area contributed by atoms with Crippen molar-refractivity contribution in [1.82, 2.24) is 9.80 Å². The average Bonchev–Trinajstić information content (AvgIpc) is 2.14. The van der Waals surface area contributed by atoms with Crippen molar-refractivity contribution in [3.63, 3.8) is 0 Å². The Labute approximate surface area is 80.7 Å². The molecule has 78 valence electrons. The van der Waals surface area contributed by atoms with Crippen LogP contribution in [0.3, 0.4) is 0 Å². The molecular formula is C9H21N3O. The Bertz CT molecular complexity index is 161. The molecule has 0 saturated heterocycles. The molecule has 0 bridgehead atoms. The topological polar surface area (TPSA) is 49.6 Å². The van der Waals surface area contributed by atoms with Gasteiger partial charge in [-0.1, -0.05) is 0 Å². The van der Waals surface area contributed by atoms with Crippen molar-refractivity contribution in [2.24, 2.45) is 5.73 Å². The molecule has 0 heterocycles. The molecular weight excluding hydrogens is 166 g/mol. The van der Waals surface area contributed by atoms with Crippen LogP contribution in [-0.4, -0.2) is 49.1 Å². The quantitative estimate of drug-likeness (QED) is 0.705. The zero-order valence-electron chi connectivity index (χ0n) is 9.08. The van der Waals surface area contributed by atoms with Gasteiger partial charge in [0, 0.05) is 26.7 Å². The van der Waals surface area contributed by atoms with Crippen LogP contribution in [0.2, 0.25) is 0 Å². The summed E-state index contributed by atoms with van der Waals surface area (Å²) in [7, 11) is 3.61. The molecule has 2 amide bonds. The molecule has 0 aliphatic carbocycles. The van der Waals surface area contributed by atoms with Gasteiger partial charge in [0.25, 0.3) is 0 Å². The van der Waals surface area contributed by atoms with Crippen LogP contribution >= 0.6 is 0 Å². The van der Waals surface area contributed by atoms with Crippen LogP contribution in [0.1, 0.15) is 20.3 Å². The number of hydrogen-bond donors (Lipinski definition) is 1. The van der Waals surface area contributed by atoms with E-state index in [1.807, 2.05) is 20.9 Å². The van der Waals surface area contributed by atoms with Gasteiger partial charge >= 0.3 is 6.03 Å². The summed E-state index contributed by atoms with van der Waals surface area (Å²) in [5.74, 6) is 0. The minimum absolute atomic E-state index is 0.0588. The number of hydrogen-bond acceptors (Lipinski definition) is 2. The standard InChI is InChI=1S/C9H21N3O/c1-5-11(3)9(13)12(4)8(2)6-7-10/h8H,5-7,10H2,1-4H3. The van der Waals surface area contributed by atoms with Gasteiger partial charge < -0.3 is 15.5 Å². The van der Waals surface area contributed by atoms with Gasteiger partial charge in [-0.05, 0) is 26.8 Å². The number of urea groups is 1. The summed E-state index contributed by atoms with van der Waals surface area (Å²) in [6, 6.07) is 0.273. The van der Waals surface area contributed by atoms with E-state index in [4.69, 9.17) is 5.73 Å². The summed E-state index contributed by atoms with van der Waals surface area (Å²) >= 11 is 0. The Kier molecular flexibility index (Phi) is 5.46. The van der Waals surface area contributed by atoms with E-state index in [2.05, 4.69) is 0 Å². The van der Waals surface area contributed by atoms with Gasteiger partial charge in [-0.3, -0.25) is 0 Å². The van der Waals surface area contributed by atoms with E-state index in [0.29, 0.717) is 6.54 Å². The first-order valence-electron chi connectivity index (χ1n) is 4.72. The summed E-state index contributed by atoms with van der Waals surface area (Å²) < 4.78 is 0. The predicted octanol–water partition coefficient (Wildman–Crippen LogP) is 0.727. The van der Waals surface area contributed by atoms with E-state index in [1.54, 1.807) is 16.8 Å². The molecule has 0 spiro atoms. The minimum atomic E-state index is 0.0588. The van der Waals surface area contributed by atoms with E-state index in [0.717, 1.165) is 13.0 Å². The first-order chi connectivity index (χ1) is 6.04. The predicted molar refractivity (Wildman–Crippen MR) is 54.6 cm³/mol. The lowest BCUT2D eigenvalue weighted by molar-refractivity contribution is 0.159. The Balaban J connectivity index is 4.08. The van der Waals surface area contributed by atoms with Crippen molar-refractivity contribution in [2.45, 2.75) is 26.3 Å². The van der Waals surface area contributed by atoms with Gasteiger partial charge in [-0.2, -0.15) is 0 Å². The van der Waals surface area contributed by atoms with Gasteiger partial charge in [-0.25, -0.2) is 4.79 Å². The Hall–Kier alpha value is -0.770. The summed E-state index contributed by atoms with van der Waals surface area (Å²) in [4.78, 5) is 15.0. The van der Waals surface area contributed by atoms with Crippen molar-refractivity contribution in [2.75, 3.05) is 27.2 Å². The summed E-state index contributed by atoms with van der Waals surface area (Å²) in [5, 5.41) is 0. The fraction of sp³-hybridized carbons (Fsp3) is 0.889. The van der Waals surface area contributed by atoms with Crippen molar-refractivity contribution < 1.29 is 4.79 Å². The molecule has 0 aliphatic rings. The van der Waals surface area contributed by atoms with Crippen LogP contribution in [0.4, 0.5) is 4.79 Å². The second kappa shape index (κ2) is 5.80. The van der Waals surface area contributed by atoms with Crippen LogP contribution in [0, 0.1) is 0 Å². The van der Waals surface area contributed by atoms with Gasteiger partial charge in [0.1, 0.15) is 0 Å². The molecule has 1 unspecified atom stereocenters. The van der Waals surface area contributed by atoms with E-state index < -0.39 is 0 Å². The van der Waals surface area contributed by atoms with Gasteiger partial charge in [-0.15, -0.1) is 0 Å². The zero-order chi connectivity index (χ0) is 10.4. The maximum absolute atomic E-state index is 11.6. The third-order valence-electron chi connectivity index (χ3n) is 2.35. The Morgan fingerprint density at radius 3 is 2.38 bits per heavy atom. The van der Waals surface area contributed by atoms with Gasteiger partial charge in [0.2, 0.25) is 0 Å². The van der Waals surface area contributed by atoms with E-state index >= 15 is 0 Å². The highest BCUT2D eigenvalue weighted by Crippen LogP contribution is 2.03. The highest BCUT2D eigenvalue weighted by atomic mass is 16.2. The SMILES string of the molecule is CCN(C)C(=O)N(C)C(C)CCN. The fourth-order valence-electron chi connectivity index (χ4n) is 1.03.